The van der Waals surface area contributed by atoms with Gasteiger partial charge in [-0.25, -0.2) is 4.52 Å². The van der Waals surface area contributed by atoms with Crippen molar-refractivity contribution in [1.82, 2.24) is 9.61 Å². The smallest absolute Gasteiger partial charge is 0.258 e. The fourth-order valence-corrected chi connectivity index (χ4v) is 3.82. The van der Waals surface area contributed by atoms with Crippen molar-refractivity contribution < 1.29 is 4.79 Å². The van der Waals surface area contributed by atoms with Gasteiger partial charge >= 0.3 is 0 Å². The maximum absolute atomic E-state index is 13.5. The molecule has 0 bridgehead atoms. The molecule has 1 aliphatic carbocycles. The van der Waals surface area contributed by atoms with Crippen LogP contribution in [0.15, 0.2) is 73.1 Å². The average Bonchev–Trinajstić information content (AvgIpc) is 3.57. The van der Waals surface area contributed by atoms with Crippen molar-refractivity contribution in [3.63, 3.8) is 0 Å². The molecule has 0 spiro atoms. The van der Waals surface area contributed by atoms with E-state index in [9.17, 15) is 4.79 Å². The van der Waals surface area contributed by atoms with Crippen LogP contribution in [0.1, 0.15) is 34.3 Å². The summed E-state index contributed by atoms with van der Waals surface area (Å²) in [4.78, 5) is 15.3. The third-order valence-electron chi connectivity index (χ3n) is 5.67. The first-order chi connectivity index (χ1) is 15.2. The molecule has 0 saturated heterocycles. The van der Waals surface area contributed by atoms with Gasteiger partial charge in [-0.3, -0.25) is 4.79 Å². The largest absolute Gasteiger partial charge is 0.326 e. The Morgan fingerprint density at radius 3 is 2.52 bits per heavy atom. The SMILES string of the molecule is N#Cc1ccc(N(C(=O)c2ccn3ncc(-c4ccc(CN)cc4)c3c2)C2CC2)cc1. The zero-order valence-corrected chi connectivity index (χ0v) is 16.9. The van der Waals surface area contributed by atoms with Gasteiger partial charge in [0, 0.05) is 35.6 Å². The monoisotopic (exact) mass is 407 g/mol. The first-order valence-corrected chi connectivity index (χ1v) is 10.3. The van der Waals surface area contributed by atoms with Crippen molar-refractivity contribution in [2.75, 3.05) is 4.90 Å². The highest BCUT2D eigenvalue weighted by Gasteiger charge is 2.34. The predicted molar refractivity (Wildman–Crippen MR) is 120 cm³/mol. The van der Waals surface area contributed by atoms with Gasteiger partial charge in [-0.05, 0) is 60.4 Å². The lowest BCUT2D eigenvalue weighted by Gasteiger charge is -2.23. The number of pyridine rings is 1. The molecule has 0 unspecified atom stereocenters. The molecule has 0 radical (unpaired) electrons. The number of benzene rings is 2. The molecule has 31 heavy (non-hydrogen) atoms. The Bertz CT molecular complexity index is 1290. The third kappa shape index (κ3) is 3.56. The van der Waals surface area contributed by atoms with Crippen molar-refractivity contribution in [3.8, 4) is 17.2 Å². The molecule has 152 valence electrons. The maximum atomic E-state index is 13.5. The van der Waals surface area contributed by atoms with Gasteiger partial charge in [0.15, 0.2) is 0 Å². The third-order valence-corrected chi connectivity index (χ3v) is 5.67. The van der Waals surface area contributed by atoms with Crippen molar-refractivity contribution in [3.05, 3.63) is 89.7 Å². The van der Waals surface area contributed by atoms with E-state index in [1.807, 2.05) is 65.8 Å². The van der Waals surface area contributed by atoms with E-state index < -0.39 is 0 Å². The van der Waals surface area contributed by atoms with Gasteiger partial charge in [0.2, 0.25) is 0 Å². The summed E-state index contributed by atoms with van der Waals surface area (Å²) in [6, 6.07) is 21.3. The van der Waals surface area contributed by atoms with Crippen molar-refractivity contribution in [1.29, 1.82) is 5.26 Å². The van der Waals surface area contributed by atoms with Crippen LogP contribution in [0.2, 0.25) is 0 Å². The van der Waals surface area contributed by atoms with Gasteiger partial charge < -0.3 is 10.6 Å². The predicted octanol–water partition coefficient (Wildman–Crippen LogP) is 4.14. The topological polar surface area (TPSA) is 87.4 Å². The molecule has 2 aromatic carbocycles. The quantitative estimate of drug-likeness (QED) is 0.539. The van der Waals surface area contributed by atoms with Crippen LogP contribution < -0.4 is 10.6 Å². The number of nitrogens with zero attached hydrogens (tertiary/aromatic N) is 4. The summed E-state index contributed by atoms with van der Waals surface area (Å²) in [5, 5.41) is 13.5. The fraction of sp³-hybridized carbons (Fsp3) is 0.160. The highest BCUT2D eigenvalue weighted by Crippen LogP contribution is 2.34. The van der Waals surface area contributed by atoms with Crippen molar-refractivity contribution in [2.24, 2.45) is 5.73 Å². The van der Waals surface area contributed by atoms with Gasteiger partial charge in [-0.1, -0.05) is 24.3 Å². The maximum Gasteiger partial charge on any atom is 0.258 e. The van der Waals surface area contributed by atoms with Gasteiger partial charge in [0.25, 0.3) is 5.91 Å². The molecule has 4 aromatic rings. The van der Waals surface area contributed by atoms with Crippen molar-refractivity contribution in [2.45, 2.75) is 25.4 Å². The number of rotatable bonds is 5. The number of aromatic nitrogens is 2. The molecule has 2 aromatic heterocycles. The van der Waals surface area contributed by atoms with E-state index in [0.29, 0.717) is 17.7 Å². The summed E-state index contributed by atoms with van der Waals surface area (Å²) < 4.78 is 1.78. The second-order valence-electron chi connectivity index (χ2n) is 7.77. The summed E-state index contributed by atoms with van der Waals surface area (Å²) in [5.41, 5.74) is 11.7. The molecule has 0 atom stereocenters. The van der Waals surface area contributed by atoms with Gasteiger partial charge in [0.05, 0.1) is 23.3 Å². The van der Waals surface area contributed by atoms with Crippen LogP contribution in [0.4, 0.5) is 5.69 Å². The van der Waals surface area contributed by atoms with Crippen LogP contribution in [0.5, 0.6) is 0 Å². The van der Waals surface area contributed by atoms with Crippen LogP contribution in [0.3, 0.4) is 0 Å². The molecular weight excluding hydrogens is 386 g/mol. The lowest BCUT2D eigenvalue weighted by atomic mass is 10.0. The van der Waals surface area contributed by atoms with E-state index in [4.69, 9.17) is 11.0 Å². The number of fused-ring (bicyclic) bond motifs is 1. The van der Waals surface area contributed by atoms with E-state index in [1.165, 1.54) is 0 Å². The van der Waals surface area contributed by atoms with E-state index in [-0.39, 0.29) is 11.9 Å². The summed E-state index contributed by atoms with van der Waals surface area (Å²) in [5.74, 6) is -0.0414. The first-order valence-electron chi connectivity index (χ1n) is 10.3. The number of anilines is 1. The highest BCUT2D eigenvalue weighted by molar-refractivity contribution is 6.07. The minimum Gasteiger partial charge on any atom is -0.326 e. The molecule has 1 fully saturated rings. The minimum absolute atomic E-state index is 0.0414. The van der Waals surface area contributed by atoms with E-state index >= 15 is 0 Å². The molecule has 6 heteroatoms. The second kappa shape index (κ2) is 7.71. The van der Waals surface area contributed by atoms with Crippen molar-refractivity contribution >= 4 is 17.1 Å². The second-order valence-corrected chi connectivity index (χ2v) is 7.77. The van der Waals surface area contributed by atoms with Crippen LogP contribution in [-0.4, -0.2) is 21.6 Å². The number of nitrogens with two attached hydrogens (primary N) is 1. The summed E-state index contributed by atoms with van der Waals surface area (Å²) >= 11 is 0. The highest BCUT2D eigenvalue weighted by atomic mass is 16.2. The molecule has 2 N–H and O–H groups in total. The van der Waals surface area contributed by atoms with Gasteiger partial charge in [-0.15, -0.1) is 0 Å². The lowest BCUT2D eigenvalue weighted by molar-refractivity contribution is 0.0985. The van der Waals surface area contributed by atoms with Crippen LogP contribution in [-0.2, 0) is 6.54 Å². The fourth-order valence-electron chi connectivity index (χ4n) is 3.82. The Labute approximate surface area is 180 Å². The van der Waals surface area contributed by atoms with Crippen LogP contribution in [0.25, 0.3) is 16.6 Å². The number of carbonyl (C=O) groups is 1. The molecule has 1 aliphatic rings. The van der Waals surface area contributed by atoms with Crippen LogP contribution in [0, 0.1) is 11.3 Å². The van der Waals surface area contributed by atoms with Crippen LogP contribution >= 0.6 is 0 Å². The Kier molecular flexibility index (Phi) is 4.73. The molecule has 6 nitrogen and oxygen atoms in total. The Morgan fingerprint density at radius 2 is 1.87 bits per heavy atom. The zero-order chi connectivity index (χ0) is 21.4. The van der Waals surface area contributed by atoms with E-state index in [0.717, 1.165) is 40.7 Å². The molecule has 1 amide bonds. The Morgan fingerprint density at radius 1 is 1.13 bits per heavy atom. The standard InChI is InChI=1S/C25H21N5O/c26-14-17-1-5-19(6-2-17)23-16-28-29-12-11-20(13-24(23)29)25(31)30(22-9-10-22)21-7-3-18(15-27)4-8-21/h1-8,11-13,16,22H,9-10,14,26H2. The number of amides is 1. The summed E-state index contributed by atoms with van der Waals surface area (Å²) in [7, 11) is 0. The molecule has 1 saturated carbocycles. The Balaban J connectivity index is 1.52. The average molecular weight is 407 g/mol. The molecule has 5 rings (SSSR count). The van der Waals surface area contributed by atoms with E-state index in [2.05, 4.69) is 11.2 Å². The number of nitriles is 1. The van der Waals surface area contributed by atoms with E-state index in [1.54, 1.807) is 16.6 Å². The minimum atomic E-state index is -0.0414. The molecule has 2 heterocycles. The normalized spacial score (nSPS) is 13.2. The summed E-state index contributed by atoms with van der Waals surface area (Å²) in [6.07, 6.45) is 5.61. The molecular formula is C25H21N5O. The van der Waals surface area contributed by atoms with Gasteiger partial charge in [0.1, 0.15) is 0 Å². The lowest BCUT2D eigenvalue weighted by Crippen LogP contribution is -2.33. The number of carbonyl (C=O) groups excluding carboxylic acids is 1. The number of hydrogen-bond donors (Lipinski definition) is 1. The van der Waals surface area contributed by atoms with Gasteiger partial charge in [-0.2, -0.15) is 10.4 Å². The molecule has 0 aliphatic heterocycles. The number of hydrogen-bond acceptors (Lipinski definition) is 4. The zero-order valence-electron chi connectivity index (χ0n) is 16.9. The Hall–Kier alpha value is -3.95. The first kappa shape index (κ1) is 19.0. The summed E-state index contributed by atoms with van der Waals surface area (Å²) in [6.45, 7) is 0.500.